The van der Waals surface area contributed by atoms with Gasteiger partial charge < -0.3 is 4.42 Å². The second-order valence-electron chi connectivity index (χ2n) is 5.97. The van der Waals surface area contributed by atoms with Gasteiger partial charge in [-0.15, -0.1) is 0 Å². The number of benzene rings is 2. The van der Waals surface area contributed by atoms with E-state index in [1.807, 2.05) is 48.5 Å². The predicted molar refractivity (Wildman–Crippen MR) is 80.5 cm³/mol. The number of hydrogen-bond donors (Lipinski definition) is 0. The van der Waals surface area contributed by atoms with Crippen LogP contribution in [0.4, 0.5) is 0 Å². The van der Waals surface area contributed by atoms with Crippen LogP contribution in [0.15, 0.2) is 57.7 Å². The number of aromatic nitrogens is 1. The molecule has 0 saturated heterocycles. The molecule has 0 aliphatic carbocycles. The first kappa shape index (κ1) is 12.7. The smallest absolute Gasteiger partial charge is 0.407 e. The Morgan fingerprint density at radius 3 is 2.35 bits per heavy atom. The molecule has 0 atom stereocenters. The first-order valence-electron chi connectivity index (χ1n) is 6.68. The van der Waals surface area contributed by atoms with Gasteiger partial charge in [0.15, 0.2) is 5.58 Å². The fourth-order valence-corrected chi connectivity index (χ4v) is 2.30. The summed E-state index contributed by atoms with van der Waals surface area (Å²) < 4.78 is 6.94. The Morgan fingerprint density at radius 2 is 1.70 bits per heavy atom. The molecule has 0 radical (unpaired) electrons. The Balaban J connectivity index is 2.32. The molecule has 3 heteroatoms. The largest absolute Gasteiger partial charge is 0.424 e. The molecule has 0 aliphatic heterocycles. The Labute approximate surface area is 117 Å². The zero-order valence-corrected chi connectivity index (χ0v) is 11.9. The van der Waals surface area contributed by atoms with Gasteiger partial charge in [-0.2, -0.15) is 0 Å². The highest BCUT2D eigenvalue weighted by Crippen LogP contribution is 2.26. The van der Waals surface area contributed by atoms with E-state index in [1.165, 1.54) is 5.56 Å². The van der Waals surface area contributed by atoms with Crippen LogP contribution in [0, 0.1) is 0 Å². The number of nitrogens with zero attached hydrogens (tertiary/aromatic N) is 1. The molecule has 3 aromatic rings. The zero-order chi connectivity index (χ0) is 14.3. The maximum absolute atomic E-state index is 12.1. The fraction of sp³-hybridized carbons (Fsp3) is 0.235. The average Bonchev–Trinajstić information content (AvgIpc) is 2.73. The number of para-hydroxylation sites is 1. The van der Waals surface area contributed by atoms with E-state index >= 15 is 0 Å². The normalized spacial score (nSPS) is 11.9. The summed E-state index contributed by atoms with van der Waals surface area (Å²) in [6.07, 6.45) is 0. The maximum Gasteiger partial charge on any atom is 0.424 e. The Kier molecular flexibility index (Phi) is 2.78. The van der Waals surface area contributed by atoms with E-state index in [4.69, 9.17) is 4.42 Å². The minimum Gasteiger partial charge on any atom is -0.407 e. The SMILES string of the molecule is CC(C)(C)c1ccc2oc(=O)n(-c3ccccc3)c2c1. The molecule has 1 aromatic heterocycles. The van der Waals surface area contributed by atoms with E-state index in [1.54, 1.807) is 4.57 Å². The monoisotopic (exact) mass is 267 g/mol. The molecule has 0 N–H and O–H groups in total. The molecule has 0 bridgehead atoms. The standard InChI is InChI=1S/C17H17NO2/c1-17(2,3)12-9-10-15-14(11-12)18(16(19)20-15)13-7-5-4-6-8-13/h4-11H,1-3H3. The quantitative estimate of drug-likeness (QED) is 0.670. The van der Waals surface area contributed by atoms with E-state index in [0.29, 0.717) is 5.58 Å². The van der Waals surface area contributed by atoms with Crippen molar-refractivity contribution < 1.29 is 4.42 Å². The van der Waals surface area contributed by atoms with Crippen molar-refractivity contribution in [2.75, 3.05) is 0 Å². The van der Waals surface area contributed by atoms with E-state index in [2.05, 4.69) is 20.8 Å². The van der Waals surface area contributed by atoms with Crippen LogP contribution in [0.2, 0.25) is 0 Å². The predicted octanol–water partition coefficient (Wildman–Crippen LogP) is 3.88. The van der Waals surface area contributed by atoms with Crippen LogP contribution in [0.5, 0.6) is 0 Å². The van der Waals surface area contributed by atoms with Crippen molar-refractivity contribution in [3.05, 3.63) is 64.6 Å². The van der Waals surface area contributed by atoms with Crippen molar-refractivity contribution in [3.63, 3.8) is 0 Å². The first-order chi connectivity index (χ1) is 9.47. The van der Waals surface area contributed by atoms with Gasteiger partial charge in [0.25, 0.3) is 0 Å². The lowest BCUT2D eigenvalue weighted by atomic mass is 9.87. The molecule has 0 spiro atoms. The molecule has 3 nitrogen and oxygen atoms in total. The second kappa shape index (κ2) is 4.37. The van der Waals surface area contributed by atoms with Gasteiger partial charge in [0.1, 0.15) is 0 Å². The second-order valence-corrected chi connectivity index (χ2v) is 5.97. The van der Waals surface area contributed by atoms with Crippen molar-refractivity contribution in [2.24, 2.45) is 0 Å². The summed E-state index contributed by atoms with van der Waals surface area (Å²) in [5.74, 6) is -0.350. The molecule has 20 heavy (non-hydrogen) atoms. The highest BCUT2D eigenvalue weighted by molar-refractivity contribution is 5.76. The molecule has 0 fully saturated rings. The summed E-state index contributed by atoms with van der Waals surface area (Å²) in [5, 5.41) is 0. The van der Waals surface area contributed by atoms with Crippen LogP contribution in [-0.4, -0.2) is 4.57 Å². The van der Waals surface area contributed by atoms with E-state index < -0.39 is 0 Å². The van der Waals surface area contributed by atoms with E-state index in [9.17, 15) is 4.79 Å². The molecule has 3 rings (SSSR count). The average molecular weight is 267 g/mol. The maximum atomic E-state index is 12.1. The number of hydrogen-bond acceptors (Lipinski definition) is 2. The van der Waals surface area contributed by atoms with E-state index in [0.717, 1.165) is 11.2 Å². The van der Waals surface area contributed by atoms with Gasteiger partial charge in [0, 0.05) is 0 Å². The highest BCUT2D eigenvalue weighted by Gasteiger charge is 2.17. The van der Waals surface area contributed by atoms with Crippen molar-refractivity contribution in [2.45, 2.75) is 26.2 Å². The molecule has 0 saturated carbocycles. The molecule has 0 aliphatic rings. The third-order valence-electron chi connectivity index (χ3n) is 3.46. The topological polar surface area (TPSA) is 35.1 Å². The van der Waals surface area contributed by atoms with Crippen LogP contribution in [0.1, 0.15) is 26.3 Å². The summed E-state index contributed by atoms with van der Waals surface area (Å²) in [6.45, 7) is 6.46. The first-order valence-corrected chi connectivity index (χ1v) is 6.68. The number of oxazole rings is 1. The van der Waals surface area contributed by atoms with Crippen LogP contribution in [0.3, 0.4) is 0 Å². The van der Waals surface area contributed by atoms with Crippen LogP contribution < -0.4 is 5.76 Å². The molecule has 0 unspecified atom stereocenters. The van der Waals surface area contributed by atoms with Crippen molar-refractivity contribution >= 4 is 11.1 Å². The summed E-state index contributed by atoms with van der Waals surface area (Å²) in [4.78, 5) is 12.1. The number of fused-ring (bicyclic) bond motifs is 1. The van der Waals surface area contributed by atoms with Crippen molar-refractivity contribution in [1.29, 1.82) is 0 Å². The highest BCUT2D eigenvalue weighted by atomic mass is 16.4. The summed E-state index contributed by atoms with van der Waals surface area (Å²) >= 11 is 0. The molecule has 102 valence electrons. The van der Waals surface area contributed by atoms with Gasteiger partial charge >= 0.3 is 5.76 Å². The van der Waals surface area contributed by atoms with E-state index in [-0.39, 0.29) is 11.2 Å². The summed E-state index contributed by atoms with van der Waals surface area (Å²) in [5.41, 5.74) is 3.46. The summed E-state index contributed by atoms with van der Waals surface area (Å²) in [6, 6.07) is 15.5. The van der Waals surface area contributed by atoms with Gasteiger partial charge in [0.2, 0.25) is 0 Å². The minimum atomic E-state index is -0.350. The molecule has 1 heterocycles. The molecular weight excluding hydrogens is 250 g/mol. The van der Waals surface area contributed by atoms with Crippen molar-refractivity contribution in [1.82, 2.24) is 4.57 Å². The van der Waals surface area contributed by atoms with Gasteiger partial charge in [-0.05, 0) is 35.2 Å². The molecule has 2 aromatic carbocycles. The van der Waals surface area contributed by atoms with Crippen LogP contribution in [0.25, 0.3) is 16.8 Å². The van der Waals surface area contributed by atoms with Gasteiger partial charge in [-0.3, -0.25) is 0 Å². The van der Waals surface area contributed by atoms with Gasteiger partial charge in [-0.1, -0.05) is 45.0 Å². The van der Waals surface area contributed by atoms with Gasteiger partial charge in [-0.25, -0.2) is 9.36 Å². The Hall–Kier alpha value is -2.29. The molecular formula is C17H17NO2. The van der Waals surface area contributed by atoms with Crippen LogP contribution >= 0.6 is 0 Å². The zero-order valence-electron chi connectivity index (χ0n) is 11.9. The lowest BCUT2D eigenvalue weighted by molar-refractivity contribution is 0.540. The van der Waals surface area contributed by atoms with Crippen molar-refractivity contribution in [3.8, 4) is 5.69 Å². The van der Waals surface area contributed by atoms with Crippen LogP contribution in [-0.2, 0) is 5.41 Å². The third-order valence-corrected chi connectivity index (χ3v) is 3.46. The summed E-state index contributed by atoms with van der Waals surface area (Å²) in [7, 11) is 0. The molecule has 0 amide bonds. The Bertz CT molecular complexity index is 804. The Morgan fingerprint density at radius 1 is 1.00 bits per heavy atom. The fourth-order valence-electron chi connectivity index (χ4n) is 2.30. The lowest BCUT2D eigenvalue weighted by Gasteiger charge is -2.18. The minimum absolute atomic E-state index is 0.0308. The third kappa shape index (κ3) is 2.05. The van der Waals surface area contributed by atoms with Gasteiger partial charge in [0.05, 0.1) is 11.2 Å². The number of rotatable bonds is 1. The lowest BCUT2D eigenvalue weighted by Crippen LogP contribution is -2.13.